The van der Waals surface area contributed by atoms with Crippen molar-refractivity contribution in [3.63, 3.8) is 0 Å². The van der Waals surface area contributed by atoms with E-state index < -0.39 is 0 Å². The topological polar surface area (TPSA) is 15.8 Å². The van der Waals surface area contributed by atoms with Gasteiger partial charge in [-0.25, -0.2) is 0 Å². The molecular formula is C13H27NO. The predicted octanol–water partition coefficient (Wildman–Crippen LogP) is 3.07. The molecule has 15 heavy (non-hydrogen) atoms. The monoisotopic (exact) mass is 213 g/mol. The zero-order valence-corrected chi connectivity index (χ0v) is 10.5. The number of hydrogen-bond acceptors (Lipinski definition) is 2. The van der Waals surface area contributed by atoms with Crippen molar-refractivity contribution in [2.75, 3.05) is 27.2 Å². The molecule has 1 aliphatic heterocycles. The highest BCUT2D eigenvalue weighted by molar-refractivity contribution is 4.68. The minimum absolute atomic E-state index is 0.644. The smallest absolute Gasteiger partial charge is 0.0810 e. The maximum absolute atomic E-state index is 5.19. The summed E-state index contributed by atoms with van der Waals surface area (Å²) in [4.78, 5) is 2.27. The fourth-order valence-electron chi connectivity index (χ4n) is 1.92. The molecule has 0 aliphatic carbocycles. The van der Waals surface area contributed by atoms with Crippen molar-refractivity contribution in [1.82, 2.24) is 4.90 Å². The molecule has 0 bridgehead atoms. The van der Waals surface area contributed by atoms with Gasteiger partial charge in [-0.05, 0) is 33.5 Å². The van der Waals surface area contributed by atoms with E-state index in [1.807, 2.05) is 0 Å². The Hall–Kier alpha value is -0.0800. The standard InChI is InChI=1S/C13H27NO/c1-14(2)11-9-7-5-3-4-6-8-10-13-12-15-13/h13H,3-12H2,1-2H3. The number of ether oxygens (including phenoxy) is 1. The van der Waals surface area contributed by atoms with E-state index in [1.165, 1.54) is 57.9 Å². The van der Waals surface area contributed by atoms with Crippen molar-refractivity contribution in [3.8, 4) is 0 Å². The lowest BCUT2D eigenvalue weighted by molar-refractivity contribution is 0.383. The van der Waals surface area contributed by atoms with E-state index in [0.29, 0.717) is 6.10 Å². The Morgan fingerprint density at radius 2 is 1.47 bits per heavy atom. The van der Waals surface area contributed by atoms with Gasteiger partial charge in [0.25, 0.3) is 0 Å². The van der Waals surface area contributed by atoms with E-state index >= 15 is 0 Å². The molecule has 2 nitrogen and oxygen atoms in total. The highest BCUT2D eigenvalue weighted by atomic mass is 16.6. The molecule has 0 aromatic rings. The second kappa shape index (κ2) is 8.12. The van der Waals surface area contributed by atoms with Gasteiger partial charge in [0.1, 0.15) is 0 Å². The average molecular weight is 213 g/mol. The quantitative estimate of drug-likeness (QED) is 0.409. The molecule has 0 N–H and O–H groups in total. The third-order valence-electron chi connectivity index (χ3n) is 3.03. The van der Waals surface area contributed by atoms with Crippen LogP contribution < -0.4 is 0 Å². The first kappa shape index (κ1) is 13.0. The molecule has 0 spiro atoms. The average Bonchev–Trinajstić information content (AvgIpc) is 2.98. The zero-order valence-electron chi connectivity index (χ0n) is 10.5. The minimum atomic E-state index is 0.644. The van der Waals surface area contributed by atoms with Gasteiger partial charge in [0.15, 0.2) is 0 Å². The number of epoxide rings is 1. The fraction of sp³-hybridized carbons (Fsp3) is 1.00. The predicted molar refractivity (Wildman–Crippen MR) is 65.2 cm³/mol. The minimum Gasteiger partial charge on any atom is -0.373 e. The van der Waals surface area contributed by atoms with Gasteiger partial charge < -0.3 is 9.64 Å². The van der Waals surface area contributed by atoms with Crippen LogP contribution in [0.1, 0.15) is 51.4 Å². The molecule has 0 amide bonds. The van der Waals surface area contributed by atoms with Crippen LogP contribution in [-0.2, 0) is 4.74 Å². The van der Waals surface area contributed by atoms with E-state index in [1.54, 1.807) is 0 Å². The van der Waals surface area contributed by atoms with Crippen molar-refractivity contribution in [2.45, 2.75) is 57.5 Å². The summed E-state index contributed by atoms with van der Waals surface area (Å²) < 4.78 is 5.19. The maximum atomic E-state index is 5.19. The molecular weight excluding hydrogens is 186 g/mol. The molecule has 0 radical (unpaired) electrons. The summed E-state index contributed by atoms with van der Waals surface area (Å²) in [6.45, 7) is 2.28. The number of unbranched alkanes of at least 4 members (excludes halogenated alkanes) is 6. The summed E-state index contributed by atoms with van der Waals surface area (Å²) >= 11 is 0. The van der Waals surface area contributed by atoms with Gasteiger partial charge in [0.05, 0.1) is 12.7 Å². The van der Waals surface area contributed by atoms with E-state index in [4.69, 9.17) is 4.74 Å². The highest BCUT2D eigenvalue weighted by Crippen LogP contribution is 2.18. The van der Waals surface area contributed by atoms with Gasteiger partial charge in [0, 0.05) is 0 Å². The second-order valence-electron chi connectivity index (χ2n) is 5.02. The zero-order chi connectivity index (χ0) is 10.9. The Bertz CT molecular complexity index is 135. The van der Waals surface area contributed by atoms with Gasteiger partial charge in [-0.1, -0.05) is 38.5 Å². The van der Waals surface area contributed by atoms with Crippen LogP contribution in [0.15, 0.2) is 0 Å². The summed E-state index contributed by atoms with van der Waals surface area (Å²) in [6, 6.07) is 0. The third kappa shape index (κ3) is 8.88. The molecule has 90 valence electrons. The Balaban J connectivity index is 1.65. The SMILES string of the molecule is CN(C)CCCCCCCCCC1CO1. The summed E-state index contributed by atoms with van der Waals surface area (Å²) in [5.41, 5.74) is 0. The molecule has 0 aromatic carbocycles. The van der Waals surface area contributed by atoms with Crippen LogP contribution in [-0.4, -0.2) is 38.3 Å². The van der Waals surface area contributed by atoms with Crippen molar-refractivity contribution in [2.24, 2.45) is 0 Å². The lowest BCUT2D eigenvalue weighted by Gasteiger charge is -2.08. The number of nitrogens with zero attached hydrogens (tertiary/aromatic N) is 1. The van der Waals surface area contributed by atoms with Crippen LogP contribution in [0.25, 0.3) is 0 Å². The second-order valence-corrected chi connectivity index (χ2v) is 5.02. The van der Waals surface area contributed by atoms with Gasteiger partial charge in [-0.15, -0.1) is 0 Å². The molecule has 1 atom stereocenters. The van der Waals surface area contributed by atoms with Crippen LogP contribution in [0, 0.1) is 0 Å². The maximum Gasteiger partial charge on any atom is 0.0810 e. The lowest BCUT2D eigenvalue weighted by Crippen LogP contribution is -2.12. The van der Waals surface area contributed by atoms with Gasteiger partial charge >= 0.3 is 0 Å². The molecule has 0 aromatic heterocycles. The van der Waals surface area contributed by atoms with E-state index in [0.717, 1.165) is 6.61 Å². The van der Waals surface area contributed by atoms with E-state index in [2.05, 4.69) is 19.0 Å². The normalized spacial score (nSPS) is 19.8. The Kier molecular flexibility index (Phi) is 7.03. The molecule has 1 aliphatic rings. The molecule has 0 saturated carbocycles. The first-order valence-corrected chi connectivity index (χ1v) is 6.55. The van der Waals surface area contributed by atoms with E-state index in [-0.39, 0.29) is 0 Å². The molecule has 1 rings (SSSR count). The van der Waals surface area contributed by atoms with Crippen molar-refractivity contribution >= 4 is 0 Å². The molecule has 1 fully saturated rings. The van der Waals surface area contributed by atoms with Crippen LogP contribution in [0.2, 0.25) is 0 Å². The third-order valence-corrected chi connectivity index (χ3v) is 3.03. The fourth-order valence-corrected chi connectivity index (χ4v) is 1.92. The van der Waals surface area contributed by atoms with Crippen LogP contribution in [0.4, 0.5) is 0 Å². The van der Waals surface area contributed by atoms with Crippen molar-refractivity contribution in [1.29, 1.82) is 0 Å². The number of rotatable bonds is 10. The van der Waals surface area contributed by atoms with Crippen LogP contribution >= 0.6 is 0 Å². The molecule has 2 heteroatoms. The van der Waals surface area contributed by atoms with Crippen molar-refractivity contribution < 1.29 is 4.74 Å². The summed E-state index contributed by atoms with van der Waals surface area (Å²) in [5.74, 6) is 0. The van der Waals surface area contributed by atoms with Crippen LogP contribution in [0.5, 0.6) is 0 Å². The highest BCUT2D eigenvalue weighted by Gasteiger charge is 2.20. The first-order valence-electron chi connectivity index (χ1n) is 6.55. The van der Waals surface area contributed by atoms with E-state index in [9.17, 15) is 0 Å². The Morgan fingerprint density at radius 1 is 0.933 bits per heavy atom. The van der Waals surface area contributed by atoms with Gasteiger partial charge in [-0.3, -0.25) is 0 Å². The van der Waals surface area contributed by atoms with Crippen molar-refractivity contribution in [3.05, 3.63) is 0 Å². The first-order chi connectivity index (χ1) is 7.29. The Morgan fingerprint density at radius 3 is 2.00 bits per heavy atom. The Labute approximate surface area is 95.0 Å². The molecule has 1 heterocycles. The molecule has 1 saturated heterocycles. The largest absolute Gasteiger partial charge is 0.373 e. The molecule has 1 unspecified atom stereocenters. The summed E-state index contributed by atoms with van der Waals surface area (Å²) in [6.07, 6.45) is 11.8. The van der Waals surface area contributed by atoms with Gasteiger partial charge in [-0.2, -0.15) is 0 Å². The summed E-state index contributed by atoms with van der Waals surface area (Å²) in [5, 5.41) is 0. The number of hydrogen-bond donors (Lipinski definition) is 0. The van der Waals surface area contributed by atoms with Gasteiger partial charge in [0.2, 0.25) is 0 Å². The summed E-state index contributed by atoms with van der Waals surface area (Å²) in [7, 11) is 4.31. The lowest BCUT2D eigenvalue weighted by atomic mass is 10.1. The van der Waals surface area contributed by atoms with Crippen LogP contribution in [0.3, 0.4) is 0 Å².